The standard InChI is InChI=1S/C31H31NO2/c33-31(28-17-8-3-9-18-28,22-27-16-10-11-19-29(27)26-14-6-2-7-15-26)30-24-32(20-21-34-30)23-25-12-4-1-5-13-25/h1-19,30,33H,20-24H2/t30?,31-/m1/s1. The highest BCUT2D eigenvalue weighted by Crippen LogP contribution is 2.36. The van der Waals surface area contributed by atoms with E-state index in [0.29, 0.717) is 19.6 Å². The first-order valence-corrected chi connectivity index (χ1v) is 12.0. The summed E-state index contributed by atoms with van der Waals surface area (Å²) in [6, 6.07) is 39.3. The van der Waals surface area contributed by atoms with Gasteiger partial charge in [0.15, 0.2) is 0 Å². The molecule has 1 saturated heterocycles. The van der Waals surface area contributed by atoms with Crippen LogP contribution in [0.1, 0.15) is 16.7 Å². The molecule has 0 bridgehead atoms. The van der Waals surface area contributed by atoms with Gasteiger partial charge in [-0.15, -0.1) is 0 Å². The molecule has 4 aromatic rings. The summed E-state index contributed by atoms with van der Waals surface area (Å²) in [4.78, 5) is 2.39. The van der Waals surface area contributed by atoms with Gasteiger partial charge >= 0.3 is 0 Å². The smallest absolute Gasteiger partial charge is 0.121 e. The molecule has 0 amide bonds. The van der Waals surface area contributed by atoms with Gasteiger partial charge in [0.1, 0.15) is 11.7 Å². The first kappa shape index (κ1) is 22.5. The number of hydrogen-bond donors (Lipinski definition) is 1. The van der Waals surface area contributed by atoms with Crippen molar-refractivity contribution in [3.05, 3.63) is 132 Å². The van der Waals surface area contributed by atoms with Crippen LogP contribution >= 0.6 is 0 Å². The molecule has 5 rings (SSSR count). The predicted octanol–water partition coefficient (Wildman–Crippen LogP) is 5.68. The van der Waals surface area contributed by atoms with Gasteiger partial charge in [-0.1, -0.05) is 115 Å². The van der Waals surface area contributed by atoms with E-state index in [4.69, 9.17) is 4.74 Å². The first-order valence-electron chi connectivity index (χ1n) is 12.0. The number of benzene rings is 4. The normalized spacial score (nSPS) is 18.3. The molecule has 1 heterocycles. The number of ether oxygens (including phenoxy) is 1. The van der Waals surface area contributed by atoms with Crippen LogP contribution in [0.5, 0.6) is 0 Å². The second-order valence-electron chi connectivity index (χ2n) is 9.07. The van der Waals surface area contributed by atoms with Gasteiger partial charge in [0.05, 0.1) is 6.61 Å². The minimum absolute atomic E-state index is 0.337. The summed E-state index contributed by atoms with van der Waals surface area (Å²) in [5.74, 6) is 0. The number of rotatable bonds is 7. The van der Waals surface area contributed by atoms with Crippen molar-refractivity contribution in [2.75, 3.05) is 19.7 Å². The van der Waals surface area contributed by atoms with Crippen LogP contribution in [0.4, 0.5) is 0 Å². The Balaban J connectivity index is 1.47. The fourth-order valence-electron chi connectivity index (χ4n) is 4.97. The van der Waals surface area contributed by atoms with Crippen LogP contribution < -0.4 is 0 Å². The second-order valence-corrected chi connectivity index (χ2v) is 9.07. The summed E-state index contributed by atoms with van der Waals surface area (Å²) in [6.45, 7) is 2.99. The third kappa shape index (κ3) is 4.97. The van der Waals surface area contributed by atoms with Crippen molar-refractivity contribution in [3.63, 3.8) is 0 Å². The van der Waals surface area contributed by atoms with Crippen LogP contribution in [-0.2, 0) is 23.3 Å². The van der Waals surface area contributed by atoms with E-state index in [2.05, 4.69) is 77.7 Å². The Hall–Kier alpha value is -3.24. The summed E-state index contributed by atoms with van der Waals surface area (Å²) >= 11 is 0. The predicted molar refractivity (Wildman–Crippen MR) is 137 cm³/mol. The summed E-state index contributed by atoms with van der Waals surface area (Å²) in [5, 5.41) is 12.4. The van der Waals surface area contributed by atoms with Gasteiger partial charge in [0.25, 0.3) is 0 Å². The van der Waals surface area contributed by atoms with Crippen LogP contribution in [0.15, 0.2) is 115 Å². The molecule has 1 unspecified atom stereocenters. The molecule has 3 nitrogen and oxygen atoms in total. The summed E-state index contributed by atoms with van der Waals surface area (Å²) in [6.07, 6.45) is 0.141. The average molecular weight is 450 g/mol. The molecule has 1 fully saturated rings. The fraction of sp³-hybridized carbons (Fsp3) is 0.226. The topological polar surface area (TPSA) is 32.7 Å². The maximum atomic E-state index is 12.4. The third-order valence-electron chi connectivity index (χ3n) is 6.77. The Labute approximate surface area is 202 Å². The molecule has 0 radical (unpaired) electrons. The molecule has 1 aliphatic rings. The molecule has 4 aromatic carbocycles. The highest BCUT2D eigenvalue weighted by molar-refractivity contribution is 5.67. The van der Waals surface area contributed by atoms with Crippen molar-refractivity contribution in [3.8, 4) is 11.1 Å². The van der Waals surface area contributed by atoms with E-state index >= 15 is 0 Å². The van der Waals surface area contributed by atoms with Crippen molar-refractivity contribution in [2.45, 2.75) is 24.7 Å². The van der Waals surface area contributed by atoms with E-state index in [1.807, 2.05) is 42.5 Å². The van der Waals surface area contributed by atoms with Crippen LogP contribution in [-0.4, -0.2) is 35.8 Å². The third-order valence-corrected chi connectivity index (χ3v) is 6.77. The molecule has 0 aliphatic carbocycles. The Morgan fingerprint density at radius 1 is 0.765 bits per heavy atom. The van der Waals surface area contributed by atoms with E-state index in [-0.39, 0.29) is 6.10 Å². The van der Waals surface area contributed by atoms with E-state index < -0.39 is 5.60 Å². The maximum absolute atomic E-state index is 12.4. The molecule has 0 aromatic heterocycles. The quantitative estimate of drug-likeness (QED) is 0.394. The van der Waals surface area contributed by atoms with Gasteiger partial charge in [-0.25, -0.2) is 0 Å². The minimum Gasteiger partial charge on any atom is -0.382 e. The van der Waals surface area contributed by atoms with E-state index in [1.165, 1.54) is 5.56 Å². The molecule has 34 heavy (non-hydrogen) atoms. The van der Waals surface area contributed by atoms with Gasteiger partial charge in [-0.2, -0.15) is 0 Å². The molecule has 2 atom stereocenters. The lowest BCUT2D eigenvalue weighted by Crippen LogP contribution is -2.53. The van der Waals surface area contributed by atoms with Crippen LogP contribution in [0.25, 0.3) is 11.1 Å². The number of aliphatic hydroxyl groups is 1. The zero-order chi connectivity index (χ0) is 23.2. The zero-order valence-corrected chi connectivity index (χ0v) is 19.4. The highest BCUT2D eigenvalue weighted by atomic mass is 16.5. The van der Waals surface area contributed by atoms with Gasteiger partial charge < -0.3 is 9.84 Å². The fourth-order valence-corrected chi connectivity index (χ4v) is 4.97. The Morgan fingerprint density at radius 3 is 2.12 bits per heavy atom. The van der Waals surface area contributed by atoms with E-state index in [1.54, 1.807) is 0 Å². The first-order chi connectivity index (χ1) is 16.7. The van der Waals surface area contributed by atoms with Crippen molar-refractivity contribution in [2.24, 2.45) is 0 Å². The van der Waals surface area contributed by atoms with Gasteiger partial charge in [-0.3, -0.25) is 4.90 Å². The van der Waals surface area contributed by atoms with Crippen LogP contribution in [0, 0.1) is 0 Å². The summed E-state index contributed by atoms with van der Waals surface area (Å²) < 4.78 is 6.29. The van der Waals surface area contributed by atoms with Crippen LogP contribution in [0.3, 0.4) is 0 Å². The molecule has 3 heteroatoms. The molecule has 0 saturated carbocycles. The minimum atomic E-state index is -1.15. The Bertz CT molecular complexity index is 1180. The van der Waals surface area contributed by atoms with Crippen LogP contribution in [0.2, 0.25) is 0 Å². The lowest BCUT2D eigenvalue weighted by Gasteiger charge is -2.43. The average Bonchev–Trinajstić information content (AvgIpc) is 2.91. The summed E-state index contributed by atoms with van der Waals surface area (Å²) in [7, 11) is 0. The lowest BCUT2D eigenvalue weighted by atomic mass is 9.80. The van der Waals surface area contributed by atoms with Gasteiger partial charge in [-0.05, 0) is 27.8 Å². The van der Waals surface area contributed by atoms with Gasteiger partial charge in [0, 0.05) is 26.1 Å². The van der Waals surface area contributed by atoms with Gasteiger partial charge in [0.2, 0.25) is 0 Å². The Kier molecular flexibility index (Phi) is 6.87. The molecule has 172 valence electrons. The Morgan fingerprint density at radius 2 is 1.38 bits per heavy atom. The van der Waals surface area contributed by atoms with Crippen molar-refractivity contribution in [1.29, 1.82) is 0 Å². The molecular weight excluding hydrogens is 418 g/mol. The number of hydrogen-bond acceptors (Lipinski definition) is 3. The number of nitrogens with zero attached hydrogens (tertiary/aromatic N) is 1. The largest absolute Gasteiger partial charge is 0.382 e. The highest BCUT2D eigenvalue weighted by Gasteiger charge is 2.42. The molecule has 1 aliphatic heterocycles. The zero-order valence-electron chi connectivity index (χ0n) is 19.4. The SMILES string of the molecule is O[C@](Cc1ccccc1-c1ccccc1)(c1ccccc1)C1CN(Cc2ccccc2)CCO1. The molecule has 1 N–H and O–H groups in total. The second kappa shape index (κ2) is 10.4. The monoisotopic (exact) mass is 449 g/mol. The van der Waals surface area contributed by atoms with Crippen molar-refractivity contribution >= 4 is 0 Å². The number of morpholine rings is 1. The van der Waals surface area contributed by atoms with E-state index in [0.717, 1.165) is 35.3 Å². The maximum Gasteiger partial charge on any atom is 0.121 e. The lowest BCUT2D eigenvalue weighted by molar-refractivity contribution is -0.149. The van der Waals surface area contributed by atoms with Crippen molar-refractivity contribution in [1.82, 2.24) is 4.90 Å². The van der Waals surface area contributed by atoms with Crippen molar-refractivity contribution < 1.29 is 9.84 Å². The van der Waals surface area contributed by atoms with E-state index in [9.17, 15) is 5.11 Å². The molecular formula is C31H31NO2. The molecule has 0 spiro atoms. The summed E-state index contributed by atoms with van der Waals surface area (Å²) in [5.41, 5.74) is 4.44.